The van der Waals surface area contributed by atoms with Gasteiger partial charge in [-0.3, -0.25) is 0 Å². The number of rotatable bonds is 21. The molecule has 0 bridgehead atoms. The molecule has 0 saturated heterocycles. The van der Waals surface area contributed by atoms with Crippen LogP contribution in [-0.4, -0.2) is 35.8 Å². The number of aliphatic carboxylic acids is 1. The van der Waals surface area contributed by atoms with Crippen LogP contribution in [0.5, 0.6) is 0 Å². The van der Waals surface area contributed by atoms with E-state index in [0.29, 0.717) is 5.56 Å². The smallest absolute Gasteiger partial charge is 0.550 e. The SMILES string of the molecule is CCCCCCCCCCCCCCCCCCC(=O)[O-].CCc1ccccc1C(=O)[O-].[CH2]CCC.[CH2]CCC.[Sn+2]. The molecule has 0 aliphatic carbocycles. The van der Waals surface area contributed by atoms with Crippen LogP contribution in [0.25, 0.3) is 0 Å². The van der Waals surface area contributed by atoms with Crippen molar-refractivity contribution in [2.45, 2.75) is 169 Å². The van der Waals surface area contributed by atoms with Gasteiger partial charge in [0, 0.05) is 11.5 Å². The maximum Gasteiger partial charge on any atom is 2.00 e. The molecule has 0 atom stereocenters. The summed E-state index contributed by atoms with van der Waals surface area (Å²) >= 11 is 0. The molecule has 0 fully saturated rings. The minimum atomic E-state index is -1.09. The molecule has 0 spiro atoms. The maximum absolute atomic E-state index is 10.5. The molecule has 5 heteroatoms. The predicted octanol–water partition coefficient (Wildman–Crippen LogP) is 8.86. The molecule has 236 valence electrons. The molecule has 0 aliphatic rings. The van der Waals surface area contributed by atoms with Crippen LogP contribution in [0.3, 0.4) is 0 Å². The van der Waals surface area contributed by atoms with Crippen LogP contribution in [0.15, 0.2) is 24.3 Å². The van der Waals surface area contributed by atoms with Crippen LogP contribution >= 0.6 is 0 Å². The number of hydrogen-bond acceptors (Lipinski definition) is 4. The number of carboxylic acids is 2. The number of benzene rings is 1. The van der Waals surface area contributed by atoms with Gasteiger partial charge in [0.05, 0.1) is 5.97 Å². The molecule has 0 aromatic heterocycles. The summed E-state index contributed by atoms with van der Waals surface area (Å²) in [7, 11) is 0. The number of unbranched alkanes of at least 4 members (excludes halogenated alkanes) is 17. The molecular weight excluding hydrogens is 615 g/mol. The van der Waals surface area contributed by atoms with Gasteiger partial charge in [-0.25, -0.2) is 0 Å². The maximum atomic E-state index is 10.5. The van der Waals surface area contributed by atoms with E-state index in [9.17, 15) is 19.8 Å². The molecule has 4 nitrogen and oxygen atoms in total. The van der Waals surface area contributed by atoms with Crippen molar-refractivity contribution in [1.29, 1.82) is 0 Å². The second-order valence-electron chi connectivity index (χ2n) is 10.4. The van der Waals surface area contributed by atoms with E-state index in [1.54, 1.807) is 18.2 Å². The number of aryl methyl sites for hydroxylation is 1. The number of hydrogen-bond donors (Lipinski definition) is 0. The minimum Gasteiger partial charge on any atom is -0.550 e. The average Bonchev–Trinajstić information content (AvgIpc) is 2.97. The zero-order valence-corrected chi connectivity index (χ0v) is 30.3. The Morgan fingerprint density at radius 1 is 0.585 bits per heavy atom. The molecule has 0 heterocycles. The Hall–Kier alpha value is -1.04. The second-order valence-corrected chi connectivity index (χ2v) is 10.4. The molecule has 0 N–H and O–H groups in total. The van der Waals surface area contributed by atoms with Crippen molar-refractivity contribution in [3.63, 3.8) is 0 Å². The van der Waals surface area contributed by atoms with Gasteiger partial charge in [-0.05, 0) is 24.8 Å². The Morgan fingerprint density at radius 3 is 1.20 bits per heavy atom. The number of aromatic carboxylic acids is 1. The fourth-order valence-corrected chi connectivity index (χ4v) is 3.85. The number of carbonyl (C=O) groups is 2. The van der Waals surface area contributed by atoms with Gasteiger partial charge in [0.1, 0.15) is 0 Å². The zero-order valence-electron chi connectivity index (χ0n) is 27.4. The van der Waals surface area contributed by atoms with Crippen molar-refractivity contribution in [2.24, 2.45) is 0 Å². The monoisotopic (exact) mass is 680 g/mol. The Kier molecular flexibility index (Phi) is 47.0. The van der Waals surface area contributed by atoms with Gasteiger partial charge in [0.15, 0.2) is 0 Å². The summed E-state index contributed by atoms with van der Waals surface area (Å²) in [5.74, 6) is -2.00. The summed E-state index contributed by atoms with van der Waals surface area (Å²) in [5, 5.41) is 20.7. The first-order valence-electron chi connectivity index (χ1n) is 16.4. The first kappa shape index (κ1) is 46.9. The third-order valence-electron chi connectivity index (χ3n) is 6.56. The van der Waals surface area contributed by atoms with E-state index in [0.717, 1.165) is 37.7 Å². The van der Waals surface area contributed by atoms with Crippen LogP contribution in [0.2, 0.25) is 0 Å². The van der Waals surface area contributed by atoms with Gasteiger partial charge < -0.3 is 19.8 Å². The fourth-order valence-electron chi connectivity index (χ4n) is 3.85. The third kappa shape index (κ3) is 41.2. The fraction of sp³-hybridized carbons (Fsp3) is 0.722. The van der Waals surface area contributed by atoms with E-state index in [4.69, 9.17) is 0 Å². The Balaban J connectivity index is -0.000000283. The van der Waals surface area contributed by atoms with Crippen LogP contribution in [0.1, 0.15) is 178 Å². The van der Waals surface area contributed by atoms with Gasteiger partial charge in [-0.15, -0.1) is 0 Å². The first-order chi connectivity index (χ1) is 19.4. The molecule has 1 rings (SSSR count). The summed E-state index contributed by atoms with van der Waals surface area (Å²) in [6, 6.07) is 6.88. The molecule has 0 saturated carbocycles. The molecule has 41 heavy (non-hydrogen) atoms. The molecular formula is C36H64O4Sn. The van der Waals surface area contributed by atoms with E-state index in [-0.39, 0.29) is 30.3 Å². The van der Waals surface area contributed by atoms with Crippen molar-refractivity contribution < 1.29 is 19.8 Å². The van der Waals surface area contributed by atoms with E-state index < -0.39 is 11.9 Å². The Bertz CT molecular complexity index is 640. The summed E-state index contributed by atoms with van der Waals surface area (Å²) in [5.41, 5.74) is 1.13. The van der Waals surface area contributed by atoms with Crippen LogP contribution < -0.4 is 10.2 Å². The molecule has 4 radical (unpaired) electrons. The van der Waals surface area contributed by atoms with Crippen LogP contribution in [-0.2, 0) is 11.2 Å². The summed E-state index contributed by atoms with van der Waals surface area (Å²) in [6.45, 7) is 15.6. The summed E-state index contributed by atoms with van der Waals surface area (Å²) in [6.07, 6.45) is 26.6. The molecule has 1 aromatic carbocycles. The predicted molar refractivity (Wildman–Crippen MR) is 176 cm³/mol. The topological polar surface area (TPSA) is 80.3 Å². The zero-order chi connectivity index (χ0) is 30.7. The van der Waals surface area contributed by atoms with Gasteiger partial charge in [0.25, 0.3) is 0 Å². The Labute approximate surface area is 272 Å². The van der Waals surface area contributed by atoms with Gasteiger partial charge >= 0.3 is 23.9 Å². The summed E-state index contributed by atoms with van der Waals surface area (Å²) < 4.78 is 0. The molecule has 0 unspecified atom stereocenters. The molecule has 0 amide bonds. The van der Waals surface area contributed by atoms with E-state index in [1.165, 1.54) is 103 Å². The van der Waals surface area contributed by atoms with Crippen molar-refractivity contribution in [3.8, 4) is 0 Å². The second kappa shape index (κ2) is 41.1. The van der Waals surface area contributed by atoms with Crippen molar-refractivity contribution in [2.75, 3.05) is 0 Å². The third-order valence-corrected chi connectivity index (χ3v) is 6.56. The standard InChI is InChI=1S/C19H38O2.C9H10O2.2C4H9.Sn/c1-2-3-4-5-6-7-8-9-10-11-12-13-14-15-16-17-18-19(20)21;1-2-7-5-3-4-6-8(7)9(10)11;2*1-3-4-2;/h2-18H2,1H3,(H,20,21);3-6H,2H2,1H3,(H,10,11);2*1,3-4H2,2H3;/q;;;;+2/p-2. The number of carbonyl (C=O) groups excluding carboxylic acids is 2. The van der Waals surface area contributed by atoms with Crippen molar-refractivity contribution in [1.82, 2.24) is 0 Å². The normalized spacial score (nSPS) is 9.61. The van der Waals surface area contributed by atoms with Gasteiger partial charge in [-0.1, -0.05) is 188 Å². The van der Waals surface area contributed by atoms with E-state index in [1.807, 2.05) is 13.0 Å². The van der Waals surface area contributed by atoms with Crippen molar-refractivity contribution >= 4 is 35.8 Å². The minimum absolute atomic E-state index is 0. The first-order valence-corrected chi connectivity index (χ1v) is 16.4. The largest absolute Gasteiger partial charge is 2.00 e. The van der Waals surface area contributed by atoms with E-state index in [2.05, 4.69) is 34.6 Å². The quantitative estimate of drug-likeness (QED) is 0.0961. The van der Waals surface area contributed by atoms with Gasteiger partial charge in [0.2, 0.25) is 0 Å². The molecule has 1 aromatic rings. The van der Waals surface area contributed by atoms with E-state index >= 15 is 0 Å². The Morgan fingerprint density at radius 2 is 0.927 bits per heavy atom. The van der Waals surface area contributed by atoms with Crippen molar-refractivity contribution in [3.05, 3.63) is 49.2 Å². The number of carboxylic acid groups (broad SMARTS) is 2. The van der Waals surface area contributed by atoms with Gasteiger partial charge in [-0.2, -0.15) is 0 Å². The molecule has 0 aliphatic heterocycles. The van der Waals surface area contributed by atoms with Crippen LogP contribution in [0.4, 0.5) is 0 Å². The average molecular weight is 680 g/mol. The van der Waals surface area contributed by atoms with Crippen LogP contribution in [0, 0.1) is 13.8 Å². The summed E-state index contributed by atoms with van der Waals surface area (Å²) in [4.78, 5) is 20.7.